The molecule has 0 radical (unpaired) electrons. The zero-order valence-electron chi connectivity index (χ0n) is 11.0. The second kappa shape index (κ2) is 5.71. The third-order valence-corrected chi connectivity index (χ3v) is 2.74. The first-order chi connectivity index (χ1) is 9.04. The molecule has 0 atom stereocenters. The Morgan fingerprint density at radius 3 is 2.74 bits per heavy atom. The highest BCUT2D eigenvalue weighted by Crippen LogP contribution is 2.09. The molecule has 2 rings (SSSR count). The van der Waals surface area contributed by atoms with Gasteiger partial charge >= 0.3 is 5.69 Å². The summed E-state index contributed by atoms with van der Waals surface area (Å²) in [6.45, 7) is 4.73. The van der Waals surface area contributed by atoms with Crippen LogP contribution in [0, 0.1) is 0 Å². The molecule has 1 aromatic heterocycles. The molecule has 19 heavy (non-hydrogen) atoms. The fraction of sp³-hybridized carbons (Fsp3) is 0.385. The van der Waals surface area contributed by atoms with Gasteiger partial charge in [0.25, 0.3) is 0 Å². The highest BCUT2D eigenvalue weighted by molar-refractivity contribution is 5.78. The molecule has 0 unspecified atom stereocenters. The molecule has 1 heterocycles. The van der Waals surface area contributed by atoms with Crippen LogP contribution in [0.2, 0.25) is 0 Å². The van der Waals surface area contributed by atoms with Crippen LogP contribution < -0.4 is 16.3 Å². The molecule has 0 spiro atoms. The van der Waals surface area contributed by atoms with E-state index in [4.69, 9.17) is 0 Å². The molecule has 0 fully saturated rings. The lowest BCUT2D eigenvalue weighted by molar-refractivity contribution is -0.120. The summed E-state index contributed by atoms with van der Waals surface area (Å²) in [5.41, 5.74) is 2.23. The third kappa shape index (κ3) is 3.69. The lowest BCUT2D eigenvalue weighted by Gasteiger charge is -2.09. The number of hydrogen-bond acceptors (Lipinski definition) is 3. The van der Waals surface area contributed by atoms with E-state index in [1.54, 1.807) is 0 Å². The van der Waals surface area contributed by atoms with Crippen LogP contribution >= 0.6 is 0 Å². The molecule has 1 aromatic carbocycles. The molecule has 0 aliphatic carbocycles. The number of imidazole rings is 1. The number of amides is 1. The first-order valence-electron chi connectivity index (χ1n) is 6.25. The van der Waals surface area contributed by atoms with Crippen molar-refractivity contribution in [2.24, 2.45) is 0 Å². The number of carbonyl (C=O) groups excluding carboxylic acids is 1. The predicted molar refractivity (Wildman–Crippen MR) is 73.9 cm³/mol. The van der Waals surface area contributed by atoms with Crippen molar-refractivity contribution in [2.75, 3.05) is 6.54 Å². The predicted octanol–water partition coefficient (Wildman–Crippen LogP) is 0.470. The SMILES string of the molecule is CC(C)NCC(=O)NCc1ccc2[nH]c(=O)[nH]c2c1. The van der Waals surface area contributed by atoms with Crippen molar-refractivity contribution in [3.05, 3.63) is 34.2 Å². The van der Waals surface area contributed by atoms with E-state index < -0.39 is 0 Å². The van der Waals surface area contributed by atoms with E-state index in [9.17, 15) is 9.59 Å². The van der Waals surface area contributed by atoms with Gasteiger partial charge in [-0.05, 0) is 17.7 Å². The minimum atomic E-state index is -0.225. The Kier molecular flexibility index (Phi) is 4.01. The molecule has 0 bridgehead atoms. The van der Waals surface area contributed by atoms with Crippen LogP contribution in [0.1, 0.15) is 19.4 Å². The number of benzene rings is 1. The number of carbonyl (C=O) groups is 1. The van der Waals surface area contributed by atoms with Crippen molar-refractivity contribution in [3.63, 3.8) is 0 Å². The summed E-state index contributed by atoms with van der Waals surface area (Å²) in [6.07, 6.45) is 0. The molecule has 0 saturated carbocycles. The summed E-state index contributed by atoms with van der Waals surface area (Å²) in [5.74, 6) is -0.0450. The Bertz CT molecular complexity index is 627. The average molecular weight is 262 g/mol. The van der Waals surface area contributed by atoms with Gasteiger partial charge in [-0.3, -0.25) is 4.79 Å². The maximum Gasteiger partial charge on any atom is 0.323 e. The number of hydrogen-bond donors (Lipinski definition) is 4. The van der Waals surface area contributed by atoms with Crippen molar-refractivity contribution in [3.8, 4) is 0 Å². The van der Waals surface area contributed by atoms with Gasteiger partial charge in [-0.2, -0.15) is 0 Å². The van der Waals surface area contributed by atoms with Gasteiger partial charge in [0.15, 0.2) is 0 Å². The maximum atomic E-state index is 11.6. The van der Waals surface area contributed by atoms with Gasteiger partial charge in [-0.25, -0.2) is 4.79 Å². The summed E-state index contributed by atoms with van der Waals surface area (Å²) in [6, 6.07) is 5.83. The summed E-state index contributed by atoms with van der Waals surface area (Å²) >= 11 is 0. The lowest BCUT2D eigenvalue weighted by Crippen LogP contribution is -2.36. The van der Waals surface area contributed by atoms with Crippen molar-refractivity contribution in [1.82, 2.24) is 20.6 Å². The van der Waals surface area contributed by atoms with Crippen LogP contribution in [0.4, 0.5) is 0 Å². The van der Waals surface area contributed by atoms with Gasteiger partial charge in [0.05, 0.1) is 17.6 Å². The van der Waals surface area contributed by atoms with E-state index in [2.05, 4.69) is 20.6 Å². The average Bonchev–Trinajstić information content (AvgIpc) is 2.73. The molecule has 102 valence electrons. The van der Waals surface area contributed by atoms with Crippen LogP contribution in [0.15, 0.2) is 23.0 Å². The summed E-state index contributed by atoms with van der Waals surface area (Å²) in [4.78, 5) is 28.0. The number of fused-ring (bicyclic) bond motifs is 1. The van der Waals surface area contributed by atoms with Gasteiger partial charge in [-0.1, -0.05) is 19.9 Å². The smallest absolute Gasteiger partial charge is 0.323 e. The zero-order chi connectivity index (χ0) is 13.8. The molecule has 1 amide bonds. The van der Waals surface area contributed by atoms with E-state index in [-0.39, 0.29) is 17.6 Å². The third-order valence-electron chi connectivity index (χ3n) is 2.74. The Morgan fingerprint density at radius 1 is 1.26 bits per heavy atom. The van der Waals surface area contributed by atoms with E-state index in [0.717, 1.165) is 16.6 Å². The van der Waals surface area contributed by atoms with E-state index in [0.29, 0.717) is 13.1 Å². The minimum absolute atomic E-state index is 0.0450. The number of aromatic amines is 2. The van der Waals surface area contributed by atoms with Gasteiger partial charge < -0.3 is 20.6 Å². The number of nitrogens with one attached hydrogen (secondary N) is 4. The number of H-pyrrole nitrogens is 2. The zero-order valence-corrected chi connectivity index (χ0v) is 11.0. The molecule has 4 N–H and O–H groups in total. The molecule has 0 saturated heterocycles. The van der Waals surface area contributed by atoms with Crippen LogP contribution in [-0.4, -0.2) is 28.5 Å². The molecular formula is C13H18N4O2. The van der Waals surface area contributed by atoms with E-state index in [1.807, 2.05) is 32.0 Å². The Labute approximate surface area is 110 Å². The van der Waals surface area contributed by atoms with Crippen LogP contribution in [0.5, 0.6) is 0 Å². The quantitative estimate of drug-likeness (QED) is 0.631. The summed E-state index contributed by atoms with van der Waals surface area (Å²) < 4.78 is 0. The van der Waals surface area contributed by atoms with Crippen molar-refractivity contribution >= 4 is 16.9 Å². The van der Waals surface area contributed by atoms with Gasteiger partial charge in [0.1, 0.15) is 0 Å². The van der Waals surface area contributed by atoms with Crippen molar-refractivity contribution in [1.29, 1.82) is 0 Å². The largest absolute Gasteiger partial charge is 0.351 e. The molecule has 0 aliphatic heterocycles. The monoisotopic (exact) mass is 262 g/mol. The van der Waals surface area contributed by atoms with Crippen molar-refractivity contribution in [2.45, 2.75) is 26.4 Å². The highest BCUT2D eigenvalue weighted by Gasteiger charge is 2.03. The molecular weight excluding hydrogens is 244 g/mol. The number of aromatic nitrogens is 2. The Balaban J connectivity index is 1.94. The molecule has 2 aromatic rings. The molecule has 0 aliphatic rings. The molecule has 6 nitrogen and oxygen atoms in total. The minimum Gasteiger partial charge on any atom is -0.351 e. The first kappa shape index (κ1) is 13.4. The topological polar surface area (TPSA) is 89.8 Å². The lowest BCUT2D eigenvalue weighted by atomic mass is 10.2. The van der Waals surface area contributed by atoms with E-state index >= 15 is 0 Å². The van der Waals surface area contributed by atoms with Crippen LogP contribution in [-0.2, 0) is 11.3 Å². The standard InChI is InChI=1S/C13H18N4O2/c1-8(2)14-7-12(18)15-6-9-3-4-10-11(5-9)17-13(19)16-10/h3-5,8,14H,6-7H2,1-2H3,(H,15,18)(H2,16,17,19). The Morgan fingerprint density at radius 2 is 2.00 bits per heavy atom. The molecule has 6 heteroatoms. The highest BCUT2D eigenvalue weighted by atomic mass is 16.2. The van der Waals surface area contributed by atoms with Gasteiger partial charge in [0.2, 0.25) is 5.91 Å². The van der Waals surface area contributed by atoms with Gasteiger partial charge in [0, 0.05) is 12.6 Å². The van der Waals surface area contributed by atoms with Gasteiger partial charge in [-0.15, -0.1) is 0 Å². The van der Waals surface area contributed by atoms with Crippen molar-refractivity contribution < 1.29 is 4.79 Å². The second-order valence-corrected chi connectivity index (χ2v) is 4.77. The normalized spacial score (nSPS) is 11.1. The van der Waals surface area contributed by atoms with E-state index in [1.165, 1.54) is 0 Å². The summed E-state index contributed by atoms with van der Waals surface area (Å²) in [5, 5.41) is 5.87. The fourth-order valence-electron chi connectivity index (χ4n) is 1.75. The summed E-state index contributed by atoms with van der Waals surface area (Å²) in [7, 11) is 0. The Hall–Kier alpha value is -2.08. The first-order valence-corrected chi connectivity index (χ1v) is 6.25. The van der Waals surface area contributed by atoms with Crippen LogP contribution in [0.25, 0.3) is 11.0 Å². The van der Waals surface area contributed by atoms with Crippen LogP contribution in [0.3, 0.4) is 0 Å². The second-order valence-electron chi connectivity index (χ2n) is 4.77. The number of rotatable bonds is 5. The fourth-order valence-corrected chi connectivity index (χ4v) is 1.75. The maximum absolute atomic E-state index is 11.6.